The normalized spacial score (nSPS) is 18.8. The minimum Gasteiger partial charge on any atom is -0.356 e. The average Bonchev–Trinajstić information content (AvgIpc) is 2.97. The molecule has 1 atom stereocenters. The van der Waals surface area contributed by atoms with Crippen LogP contribution in [0.25, 0.3) is 0 Å². The Morgan fingerprint density at radius 2 is 2.20 bits per heavy atom. The molecule has 0 bridgehead atoms. The van der Waals surface area contributed by atoms with Gasteiger partial charge in [-0.15, -0.1) is 0 Å². The first kappa shape index (κ1) is 14.9. The Balaban J connectivity index is 1.70. The first-order chi connectivity index (χ1) is 9.78. The van der Waals surface area contributed by atoms with Gasteiger partial charge in [-0.05, 0) is 24.8 Å². The molecule has 5 nitrogen and oxygen atoms in total. The second-order valence-corrected chi connectivity index (χ2v) is 5.77. The van der Waals surface area contributed by atoms with E-state index in [9.17, 15) is 0 Å². The van der Waals surface area contributed by atoms with Crippen LogP contribution in [0.2, 0.25) is 0 Å². The number of rotatable bonds is 5. The fraction of sp³-hybridized carbons (Fsp3) is 0.733. The van der Waals surface area contributed by atoms with Crippen LogP contribution in [0.15, 0.2) is 23.5 Å². The molecule has 1 saturated carbocycles. The summed E-state index contributed by atoms with van der Waals surface area (Å²) in [5, 5.41) is 11.2. The van der Waals surface area contributed by atoms with E-state index < -0.39 is 0 Å². The van der Waals surface area contributed by atoms with Gasteiger partial charge in [0.15, 0.2) is 5.96 Å². The fourth-order valence-electron chi connectivity index (χ4n) is 2.70. The molecule has 1 aromatic rings. The van der Waals surface area contributed by atoms with E-state index >= 15 is 0 Å². The fourth-order valence-corrected chi connectivity index (χ4v) is 2.70. The summed E-state index contributed by atoms with van der Waals surface area (Å²) in [6, 6.07) is 2.56. The van der Waals surface area contributed by atoms with Crippen molar-refractivity contribution in [2.24, 2.45) is 10.9 Å². The van der Waals surface area contributed by atoms with Crippen molar-refractivity contribution in [3.63, 3.8) is 0 Å². The molecule has 112 valence electrons. The number of aromatic nitrogens is 2. The van der Waals surface area contributed by atoms with Crippen LogP contribution < -0.4 is 10.6 Å². The summed E-state index contributed by atoms with van der Waals surface area (Å²) in [6.45, 7) is 4.06. The van der Waals surface area contributed by atoms with Crippen molar-refractivity contribution in [2.45, 2.75) is 51.6 Å². The lowest BCUT2D eigenvalue weighted by Gasteiger charge is -2.25. The Bertz CT molecular complexity index is 392. The largest absolute Gasteiger partial charge is 0.356 e. The summed E-state index contributed by atoms with van der Waals surface area (Å²) in [5.74, 6) is 1.45. The first-order valence-corrected chi connectivity index (χ1v) is 7.72. The van der Waals surface area contributed by atoms with E-state index in [1.54, 1.807) is 0 Å². The topological polar surface area (TPSA) is 54.2 Å². The number of hydrogen-bond donors (Lipinski definition) is 2. The van der Waals surface area contributed by atoms with Crippen molar-refractivity contribution in [1.82, 2.24) is 20.4 Å². The number of hydrogen-bond acceptors (Lipinski definition) is 2. The zero-order valence-electron chi connectivity index (χ0n) is 12.7. The van der Waals surface area contributed by atoms with E-state index in [2.05, 4.69) is 27.6 Å². The molecule has 0 aromatic carbocycles. The summed E-state index contributed by atoms with van der Waals surface area (Å²) in [4.78, 5) is 4.32. The van der Waals surface area contributed by atoms with Crippen LogP contribution in [0.1, 0.15) is 39.0 Å². The van der Waals surface area contributed by atoms with Crippen LogP contribution in [-0.4, -0.2) is 35.4 Å². The van der Waals surface area contributed by atoms with E-state index in [1.165, 1.54) is 32.1 Å². The van der Waals surface area contributed by atoms with Crippen molar-refractivity contribution in [1.29, 1.82) is 0 Å². The summed E-state index contributed by atoms with van der Waals surface area (Å²) in [5.41, 5.74) is 0. The molecule has 20 heavy (non-hydrogen) atoms. The molecular weight excluding hydrogens is 250 g/mol. The minimum absolute atomic E-state index is 0.514. The second kappa shape index (κ2) is 7.92. The summed E-state index contributed by atoms with van der Waals surface area (Å²) in [7, 11) is 1.84. The van der Waals surface area contributed by atoms with Crippen molar-refractivity contribution in [3.05, 3.63) is 18.5 Å². The number of aliphatic imine (C=N–C) groups is 1. The lowest BCUT2D eigenvalue weighted by molar-refractivity contribution is 0.404. The van der Waals surface area contributed by atoms with Crippen LogP contribution in [-0.2, 0) is 6.54 Å². The zero-order chi connectivity index (χ0) is 14.2. The van der Waals surface area contributed by atoms with Gasteiger partial charge < -0.3 is 10.6 Å². The predicted molar refractivity (Wildman–Crippen MR) is 82.8 cm³/mol. The van der Waals surface area contributed by atoms with Crippen molar-refractivity contribution in [2.75, 3.05) is 13.6 Å². The van der Waals surface area contributed by atoms with Gasteiger partial charge in [-0.3, -0.25) is 9.67 Å². The monoisotopic (exact) mass is 277 g/mol. The van der Waals surface area contributed by atoms with Gasteiger partial charge in [0.1, 0.15) is 0 Å². The Kier molecular flexibility index (Phi) is 5.89. The predicted octanol–water partition coefficient (Wildman–Crippen LogP) is 2.02. The minimum atomic E-state index is 0.514. The van der Waals surface area contributed by atoms with Gasteiger partial charge in [0.2, 0.25) is 0 Å². The molecule has 2 N–H and O–H groups in total. The van der Waals surface area contributed by atoms with Gasteiger partial charge in [0.05, 0.1) is 0 Å². The van der Waals surface area contributed by atoms with Gasteiger partial charge in [0.25, 0.3) is 0 Å². The van der Waals surface area contributed by atoms with Gasteiger partial charge in [0, 0.05) is 38.6 Å². The van der Waals surface area contributed by atoms with E-state index in [0.717, 1.165) is 19.0 Å². The molecule has 5 heteroatoms. The van der Waals surface area contributed by atoms with E-state index in [0.29, 0.717) is 12.0 Å². The first-order valence-electron chi connectivity index (χ1n) is 7.72. The maximum atomic E-state index is 4.32. The SMILES string of the molecule is CN=C(NCC(C)Cn1cccn1)NC1CCCCC1. The molecule has 1 unspecified atom stereocenters. The molecular formula is C15H27N5. The lowest BCUT2D eigenvalue weighted by Crippen LogP contribution is -2.45. The molecule has 0 spiro atoms. The highest BCUT2D eigenvalue weighted by Crippen LogP contribution is 2.17. The van der Waals surface area contributed by atoms with Gasteiger partial charge in [-0.2, -0.15) is 5.10 Å². The smallest absolute Gasteiger partial charge is 0.191 e. The van der Waals surface area contributed by atoms with E-state index in [1.807, 2.05) is 30.2 Å². The third kappa shape index (κ3) is 4.87. The van der Waals surface area contributed by atoms with Crippen LogP contribution in [0.3, 0.4) is 0 Å². The summed E-state index contributed by atoms with van der Waals surface area (Å²) < 4.78 is 1.98. The molecule has 1 aliphatic carbocycles. The number of nitrogens with zero attached hydrogens (tertiary/aromatic N) is 3. The van der Waals surface area contributed by atoms with Crippen LogP contribution in [0.5, 0.6) is 0 Å². The lowest BCUT2D eigenvalue weighted by atomic mass is 9.96. The van der Waals surface area contributed by atoms with Crippen molar-refractivity contribution < 1.29 is 0 Å². The van der Waals surface area contributed by atoms with Crippen LogP contribution in [0.4, 0.5) is 0 Å². The third-order valence-corrected chi connectivity index (χ3v) is 3.85. The molecule has 0 radical (unpaired) electrons. The quantitative estimate of drug-likeness (QED) is 0.639. The molecule has 1 aliphatic rings. The maximum Gasteiger partial charge on any atom is 0.191 e. The average molecular weight is 277 g/mol. The highest BCUT2D eigenvalue weighted by atomic mass is 15.3. The van der Waals surface area contributed by atoms with E-state index in [4.69, 9.17) is 0 Å². The number of nitrogens with one attached hydrogen (secondary N) is 2. The highest BCUT2D eigenvalue weighted by molar-refractivity contribution is 5.79. The summed E-state index contributed by atoms with van der Waals surface area (Å²) >= 11 is 0. The van der Waals surface area contributed by atoms with Crippen LogP contribution in [0, 0.1) is 5.92 Å². The molecule has 0 aliphatic heterocycles. The standard InChI is InChI=1S/C15H27N5/c1-13(12-20-10-6-9-18-20)11-17-15(16-2)19-14-7-4-3-5-8-14/h6,9-10,13-14H,3-5,7-8,11-12H2,1-2H3,(H2,16,17,19). The number of guanidine groups is 1. The van der Waals surface area contributed by atoms with Gasteiger partial charge >= 0.3 is 0 Å². The zero-order valence-corrected chi connectivity index (χ0v) is 12.7. The Morgan fingerprint density at radius 3 is 2.85 bits per heavy atom. The van der Waals surface area contributed by atoms with Crippen molar-refractivity contribution in [3.8, 4) is 0 Å². The molecule has 2 rings (SSSR count). The third-order valence-electron chi connectivity index (χ3n) is 3.85. The molecule has 1 aromatic heterocycles. The second-order valence-electron chi connectivity index (χ2n) is 5.77. The van der Waals surface area contributed by atoms with Gasteiger partial charge in [-0.1, -0.05) is 26.2 Å². The molecule has 1 heterocycles. The molecule has 0 amide bonds. The molecule has 1 fully saturated rings. The Morgan fingerprint density at radius 1 is 1.40 bits per heavy atom. The molecule has 0 saturated heterocycles. The Labute approximate surface area is 121 Å². The van der Waals surface area contributed by atoms with Crippen LogP contribution >= 0.6 is 0 Å². The Hall–Kier alpha value is -1.52. The highest BCUT2D eigenvalue weighted by Gasteiger charge is 2.14. The summed E-state index contributed by atoms with van der Waals surface area (Å²) in [6.07, 6.45) is 10.4. The van der Waals surface area contributed by atoms with Gasteiger partial charge in [-0.25, -0.2) is 0 Å². The maximum absolute atomic E-state index is 4.32. The van der Waals surface area contributed by atoms with E-state index in [-0.39, 0.29) is 0 Å². The van der Waals surface area contributed by atoms with Crippen molar-refractivity contribution >= 4 is 5.96 Å².